The van der Waals surface area contributed by atoms with E-state index in [2.05, 4.69) is 31.3 Å². The molecule has 0 spiro atoms. The lowest BCUT2D eigenvalue weighted by atomic mass is 10.1. The maximum Gasteiger partial charge on any atom is 0.274 e. The minimum Gasteiger partial charge on any atom is -0.355 e. The number of aryl methyl sites for hydroxylation is 2. The van der Waals surface area contributed by atoms with Crippen molar-refractivity contribution in [2.75, 3.05) is 18.0 Å². The van der Waals surface area contributed by atoms with Gasteiger partial charge in [-0.25, -0.2) is 9.97 Å². The van der Waals surface area contributed by atoms with Crippen LogP contribution in [0.5, 0.6) is 0 Å². The number of imidazole rings is 1. The molecule has 0 radical (unpaired) electrons. The van der Waals surface area contributed by atoms with Crippen LogP contribution in [0, 0.1) is 6.92 Å². The van der Waals surface area contributed by atoms with Gasteiger partial charge >= 0.3 is 0 Å². The van der Waals surface area contributed by atoms with Gasteiger partial charge < -0.3 is 14.6 Å². The third-order valence-electron chi connectivity index (χ3n) is 4.58. The van der Waals surface area contributed by atoms with Crippen LogP contribution in [0.15, 0.2) is 30.9 Å². The molecule has 0 aliphatic carbocycles. The smallest absolute Gasteiger partial charge is 0.274 e. The van der Waals surface area contributed by atoms with Gasteiger partial charge in [0.15, 0.2) is 11.3 Å². The Bertz CT molecular complexity index is 913. The van der Waals surface area contributed by atoms with E-state index < -0.39 is 0 Å². The van der Waals surface area contributed by atoms with Crippen LogP contribution in [0.4, 0.5) is 5.82 Å². The van der Waals surface area contributed by atoms with E-state index in [1.54, 1.807) is 29.2 Å². The second kappa shape index (κ2) is 6.19. The molecule has 1 saturated heterocycles. The molecular weight excluding hydrogens is 318 g/mol. The van der Waals surface area contributed by atoms with Gasteiger partial charge in [-0.05, 0) is 19.8 Å². The summed E-state index contributed by atoms with van der Waals surface area (Å²) in [5.41, 5.74) is 1.94. The third kappa shape index (κ3) is 2.95. The Hall–Kier alpha value is -2.90. The lowest BCUT2D eigenvalue weighted by Crippen LogP contribution is -2.48. The predicted octanol–water partition coefficient (Wildman–Crippen LogP) is 1.17. The number of piperidine rings is 1. The highest BCUT2D eigenvalue weighted by atomic mass is 16.2. The Morgan fingerprint density at radius 3 is 2.84 bits per heavy atom. The molecule has 3 aromatic heterocycles. The maximum atomic E-state index is 12.7. The Morgan fingerprint density at radius 2 is 2.08 bits per heavy atom. The monoisotopic (exact) mass is 339 g/mol. The first kappa shape index (κ1) is 15.6. The molecule has 8 nitrogen and oxygen atoms in total. The molecule has 1 atom stereocenters. The van der Waals surface area contributed by atoms with Gasteiger partial charge in [0.2, 0.25) is 0 Å². The summed E-state index contributed by atoms with van der Waals surface area (Å²) in [5.74, 6) is 0.912. The lowest BCUT2D eigenvalue weighted by Gasteiger charge is -2.34. The average Bonchev–Trinajstić information content (AvgIpc) is 3.20. The van der Waals surface area contributed by atoms with Gasteiger partial charge in [-0.3, -0.25) is 9.48 Å². The van der Waals surface area contributed by atoms with E-state index >= 15 is 0 Å². The van der Waals surface area contributed by atoms with Gasteiger partial charge in [-0.2, -0.15) is 5.10 Å². The van der Waals surface area contributed by atoms with Gasteiger partial charge in [0, 0.05) is 57.0 Å². The van der Waals surface area contributed by atoms with Crippen molar-refractivity contribution < 1.29 is 4.79 Å². The summed E-state index contributed by atoms with van der Waals surface area (Å²) < 4.78 is 3.69. The number of carbonyl (C=O) groups excluding carboxylic acids is 1. The second-order valence-corrected chi connectivity index (χ2v) is 6.46. The van der Waals surface area contributed by atoms with E-state index in [-0.39, 0.29) is 11.9 Å². The van der Waals surface area contributed by atoms with Crippen LogP contribution in [-0.2, 0) is 7.05 Å². The quantitative estimate of drug-likeness (QED) is 0.775. The number of nitrogens with one attached hydrogen (secondary N) is 1. The van der Waals surface area contributed by atoms with Crippen molar-refractivity contribution in [1.29, 1.82) is 0 Å². The summed E-state index contributed by atoms with van der Waals surface area (Å²) in [6.07, 6.45) is 8.86. The Labute approximate surface area is 145 Å². The van der Waals surface area contributed by atoms with Crippen LogP contribution in [0.2, 0.25) is 0 Å². The Morgan fingerprint density at radius 1 is 1.28 bits per heavy atom. The van der Waals surface area contributed by atoms with Crippen LogP contribution in [-0.4, -0.2) is 49.2 Å². The molecule has 0 aromatic carbocycles. The molecule has 4 rings (SSSR count). The number of aromatic nitrogens is 5. The molecule has 4 heterocycles. The average molecular weight is 339 g/mol. The number of hydrogen-bond acceptors (Lipinski definition) is 5. The molecule has 1 N–H and O–H groups in total. The highest BCUT2D eigenvalue weighted by Crippen LogP contribution is 2.20. The van der Waals surface area contributed by atoms with Crippen LogP contribution in [0.25, 0.3) is 5.65 Å². The van der Waals surface area contributed by atoms with Gasteiger partial charge in [-0.15, -0.1) is 0 Å². The van der Waals surface area contributed by atoms with Gasteiger partial charge in [0.1, 0.15) is 5.82 Å². The summed E-state index contributed by atoms with van der Waals surface area (Å²) in [6, 6.07) is 2.16. The van der Waals surface area contributed by atoms with E-state index in [4.69, 9.17) is 0 Å². The molecule has 0 bridgehead atoms. The van der Waals surface area contributed by atoms with Crippen molar-refractivity contribution in [1.82, 2.24) is 29.5 Å². The fraction of sp³-hybridized carbons (Fsp3) is 0.412. The third-order valence-corrected chi connectivity index (χ3v) is 4.58. The van der Waals surface area contributed by atoms with Crippen molar-refractivity contribution >= 4 is 17.4 Å². The molecule has 8 heteroatoms. The van der Waals surface area contributed by atoms with Crippen molar-refractivity contribution in [3.05, 3.63) is 42.2 Å². The largest absolute Gasteiger partial charge is 0.355 e. The minimum absolute atomic E-state index is 0.0773. The molecule has 1 aliphatic heterocycles. The fourth-order valence-electron chi connectivity index (χ4n) is 3.46. The van der Waals surface area contributed by atoms with E-state index in [0.717, 1.165) is 37.4 Å². The summed E-state index contributed by atoms with van der Waals surface area (Å²) in [6.45, 7) is 3.73. The highest BCUT2D eigenvalue weighted by molar-refractivity contribution is 5.97. The van der Waals surface area contributed by atoms with Gasteiger partial charge in [0.25, 0.3) is 5.91 Å². The van der Waals surface area contributed by atoms with Crippen LogP contribution >= 0.6 is 0 Å². The molecule has 1 fully saturated rings. The molecule has 1 aliphatic rings. The molecule has 3 aromatic rings. The van der Waals surface area contributed by atoms with Crippen LogP contribution in [0.1, 0.15) is 29.0 Å². The second-order valence-electron chi connectivity index (χ2n) is 6.46. The lowest BCUT2D eigenvalue weighted by molar-refractivity contribution is 0.0929. The predicted molar refractivity (Wildman–Crippen MR) is 93.6 cm³/mol. The number of carbonyl (C=O) groups is 1. The fourth-order valence-corrected chi connectivity index (χ4v) is 3.46. The molecule has 25 heavy (non-hydrogen) atoms. The van der Waals surface area contributed by atoms with E-state index in [0.29, 0.717) is 11.3 Å². The Kier molecular flexibility index (Phi) is 3.87. The first-order valence-corrected chi connectivity index (χ1v) is 8.46. The van der Waals surface area contributed by atoms with Crippen molar-refractivity contribution in [3.8, 4) is 0 Å². The number of hydrogen-bond donors (Lipinski definition) is 1. The summed E-state index contributed by atoms with van der Waals surface area (Å²) >= 11 is 0. The zero-order chi connectivity index (χ0) is 17.4. The van der Waals surface area contributed by atoms with Crippen molar-refractivity contribution in [2.24, 2.45) is 7.05 Å². The molecule has 0 saturated carbocycles. The molecular formula is C17H21N7O. The summed E-state index contributed by atoms with van der Waals surface area (Å²) in [4.78, 5) is 23.4. The summed E-state index contributed by atoms with van der Waals surface area (Å²) in [7, 11) is 1.95. The van der Waals surface area contributed by atoms with Crippen LogP contribution < -0.4 is 10.2 Å². The molecule has 130 valence electrons. The minimum atomic E-state index is -0.176. The summed E-state index contributed by atoms with van der Waals surface area (Å²) in [5, 5.41) is 7.53. The standard InChI is InChI=1S/C17H21N7O/c1-12-10-14(22(2)21-12)24-7-3-4-13(11-24)20-17(25)15-16-19-6-9-23(16)8-5-18-15/h5-6,8-10,13H,3-4,7,11H2,1-2H3,(H,20,25). The van der Waals surface area contributed by atoms with Crippen LogP contribution in [0.3, 0.4) is 0 Å². The first-order chi connectivity index (χ1) is 12.1. The number of anilines is 1. The zero-order valence-electron chi connectivity index (χ0n) is 14.4. The highest BCUT2D eigenvalue weighted by Gasteiger charge is 2.25. The van der Waals surface area contributed by atoms with E-state index in [9.17, 15) is 4.79 Å². The topological polar surface area (TPSA) is 80.4 Å². The van der Waals surface area contributed by atoms with Crippen molar-refractivity contribution in [3.63, 3.8) is 0 Å². The zero-order valence-corrected chi connectivity index (χ0v) is 14.4. The SMILES string of the molecule is Cc1cc(N2CCCC(NC(=O)c3nccn4ccnc34)C2)n(C)n1. The maximum absolute atomic E-state index is 12.7. The normalized spacial score (nSPS) is 17.8. The first-order valence-electron chi connectivity index (χ1n) is 8.46. The van der Waals surface area contributed by atoms with E-state index in [1.165, 1.54) is 0 Å². The number of nitrogens with zero attached hydrogens (tertiary/aromatic N) is 6. The Balaban J connectivity index is 1.50. The number of amides is 1. The molecule has 1 unspecified atom stereocenters. The number of fused-ring (bicyclic) bond motifs is 1. The van der Waals surface area contributed by atoms with Gasteiger partial charge in [-0.1, -0.05) is 0 Å². The van der Waals surface area contributed by atoms with Gasteiger partial charge in [0.05, 0.1) is 5.69 Å². The molecule has 1 amide bonds. The number of rotatable bonds is 3. The van der Waals surface area contributed by atoms with Crippen molar-refractivity contribution in [2.45, 2.75) is 25.8 Å². The van der Waals surface area contributed by atoms with E-state index in [1.807, 2.05) is 18.7 Å².